The van der Waals surface area contributed by atoms with Gasteiger partial charge in [-0.3, -0.25) is 9.59 Å². The van der Waals surface area contributed by atoms with Gasteiger partial charge < -0.3 is 15.4 Å². The summed E-state index contributed by atoms with van der Waals surface area (Å²) >= 11 is 0. The average Bonchev–Trinajstić information content (AvgIpc) is 2.59. The van der Waals surface area contributed by atoms with Gasteiger partial charge in [0.1, 0.15) is 5.75 Å². The minimum Gasteiger partial charge on any atom is -0.495 e. The summed E-state index contributed by atoms with van der Waals surface area (Å²) < 4.78 is 27.5. The molecule has 0 saturated carbocycles. The Labute approximate surface area is 151 Å². The molecule has 0 radical (unpaired) electrons. The van der Waals surface area contributed by atoms with Gasteiger partial charge in [-0.2, -0.15) is 0 Å². The highest BCUT2D eigenvalue weighted by Crippen LogP contribution is 2.25. The molecule has 0 aliphatic carbocycles. The van der Waals surface area contributed by atoms with E-state index in [9.17, 15) is 18.0 Å². The molecule has 0 bridgehead atoms. The van der Waals surface area contributed by atoms with E-state index in [4.69, 9.17) is 9.88 Å². The first-order valence-electron chi connectivity index (χ1n) is 7.56. The van der Waals surface area contributed by atoms with E-state index in [-0.39, 0.29) is 11.4 Å². The second kappa shape index (κ2) is 7.98. The Balaban J connectivity index is 1.97. The molecule has 4 N–H and O–H groups in total. The van der Waals surface area contributed by atoms with Crippen molar-refractivity contribution >= 4 is 27.5 Å². The van der Waals surface area contributed by atoms with Crippen LogP contribution in [0.25, 0.3) is 0 Å². The summed E-state index contributed by atoms with van der Waals surface area (Å²) in [5, 5.41) is 9.97. The first kappa shape index (κ1) is 19.4. The molecule has 0 aromatic heterocycles. The number of amides is 2. The second-order valence-corrected chi connectivity index (χ2v) is 7.09. The summed E-state index contributed by atoms with van der Waals surface area (Å²) in [6.45, 7) is 1.91. The Kier molecular flexibility index (Phi) is 5.96. The van der Waals surface area contributed by atoms with Gasteiger partial charge in [-0.05, 0) is 42.3 Å². The third kappa shape index (κ3) is 5.04. The number of nitrogens with one attached hydrogen (secondary N) is 2. The van der Waals surface area contributed by atoms with Gasteiger partial charge in [0.2, 0.25) is 10.0 Å². The van der Waals surface area contributed by atoms with Crippen LogP contribution in [0.2, 0.25) is 0 Å². The van der Waals surface area contributed by atoms with Gasteiger partial charge in [0.05, 0.1) is 17.7 Å². The molecule has 26 heavy (non-hydrogen) atoms. The number of rotatable bonds is 5. The summed E-state index contributed by atoms with van der Waals surface area (Å²) in [5.41, 5.74) is 1.91. The lowest BCUT2D eigenvalue weighted by atomic mass is 10.2. The lowest BCUT2D eigenvalue weighted by Gasteiger charge is -2.11. The first-order valence-corrected chi connectivity index (χ1v) is 9.11. The summed E-state index contributed by atoms with van der Waals surface area (Å²) in [7, 11) is -2.31. The molecule has 2 amide bonds. The van der Waals surface area contributed by atoms with E-state index >= 15 is 0 Å². The van der Waals surface area contributed by atoms with E-state index < -0.39 is 21.8 Å². The molecule has 2 aromatic rings. The van der Waals surface area contributed by atoms with Crippen LogP contribution in [0.5, 0.6) is 5.75 Å². The fraction of sp³-hybridized carbons (Fsp3) is 0.176. The van der Waals surface area contributed by atoms with Crippen LogP contribution >= 0.6 is 0 Å². The van der Waals surface area contributed by atoms with Crippen molar-refractivity contribution in [2.45, 2.75) is 18.4 Å². The molecule has 0 heterocycles. The van der Waals surface area contributed by atoms with E-state index in [2.05, 4.69) is 10.6 Å². The van der Waals surface area contributed by atoms with Gasteiger partial charge in [0.25, 0.3) is 0 Å². The molecule has 2 aromatic carbocycles. The molecule has 9 heteroatoms. The number of hydrogen-bond acceptors (Lipinski definition) is 5. The van der Waals surface area contributed by atoms with Crippen molar-refractivity contribution in [3.05, 3.63) is 53.6 Å². The predicted molar refractivity (Wildman–Crippen MR) is 96.0 cm³/mol. The maximum atomic E-state index is 12.0. The van der Waals surface area contributed by atoms with Crippen molar-refractivity contribution in [2.24, 2.45) is 5.14 Å². The lowest BCUT2D eigenvalue weighted by molar-refractivity contribution is -0.136. The SMILES string of the molecule is COc1ccc(C)cc1NC(=O)C(=O)NCc1ccc(S(N)(=O)=O)cc1. The van der Waals surface area contributed by atoms with Crippen molar-refractivity contribution in [3.8, 4) is 5.75 Å². The third-order valence-electron chi connectivity index (χ3n) is 3.51. The van der Waals surface area contributed by atoms with Crippen LogP contribution in [0.4, 0.5) is 5.69 Å². The fourth-order valence-electron chi connectivity index (χ4n) is 2.16. The largest absolute Gasteiger partial charge is 0.495 e. The summed E-state index contributed by atoms with van der Waals surface area (Å²) in [5.74, 6) is -1.23. The number of carbonyl (C=O) groups excluding carboxylic acids is 2. The Morgan fingerprint density at radius 1 is 1.08 bits per heavy atom. The summed E-state index contributed by atoms with van der Waals surface area (Å²) in [6, 6.07) is 10.9. The monoisotopic (exact) mass is 377 g/mol. The van der Waals surface area contributed by atoms with E-state index in [1.165, 1.54) is 31.4 Å². The number of aryl methyl sites for hydroxylation is 1. The molecular formula is C17H19N3O5S. The predicted octanol–water partition coefficient (Wildman–Crippen LogP) is 0.906. The molecule has 2 rings (SSSR count). The quantitative estimate of drug-likeness (QED) is 0.667. The van der Waals surface area contributed by atoms with E-state index in [1.54, 1.807) is 12.1 Å². The van der Waals surface area contributed by atoms with Crippen LogP contribution in [0.3, 0.4) is 0 Å². The summed E-state index contributed by atoms with van der Waals surface area (Å²) in [6.07, 6.45) is 0. The standard InChI is InChI=1S/C17H19N3O5S/c1-11-3-8-15(25-2)14(9-11)20-17(22)16(21)19-10-12-4-6-13(7-5-12)26(18,23)24/h3-9H,10H2,1-2H3,(H,19,21)(H,20,22)(H2,18,23,24). The zero-order chi connectivity index (χ0) is 19.3. The average molecular weight is 377 g/mol. The number of carbonyl (C=O) groups is 2. The van der Waals surface area contributed by atoms with Crippen molar-refractivity contribution in [3.63, 3.8) is 0 Å². The van der Waals surface area contributed by atoms with Crippen molar-refractivity contribution in [2.75, 3.05) is 12.4 Å². The van der Waals surface area contributed by atoms with Crippen molar-refractivity contribution in [1.29, 1.82) is 0 Å². The molecule has 0 aliphatic heterocycles. The lowest BCUT2D eigenvalue weighted by Crippen LogP contribution is -2.35. The number of anilines is 1. The maximum absolute atomic E-state index is 12.0. The van der Waals surface area contributed by atoms with Crippen LogP contribution in [-0.2, 0) is 26.2 Å². The van der Waals surface area contributed by atoms with E-state index in [0.29, 0.717) is 17.0 Å². The molecule has 0 unspecified atom stereocenters. The molecular weight excluding hydrogens is 358 g/mol. The van der Waals surface area contributed by atoms with Gasteiger partial charge in [0, 0.05) is 6.54 Å². The molecule has 0 atom stereocenters. The minimum absolute atomic E-state index is 0.0307. The molecule has 0 spiro atoms. The van der Waals surface area contributed by atoms with Gasteiger partial charge in [-0.1, -0.05) is 18.2 Å². The smallest absolute Gasteiger partial charge is 0.313 e. The Morgan fingerprint density at radius 2 is 1.73 bits per heavy atom. The highest BCUT2D eigenvalue weighted by Gasteiger charge is 2.16. The fourth-order valence-corrected chi connectivity index (χ4v) is 2.67. The molecule has 0 aliphatic rings. The third-order valence-corrected chi connectivity index (χ3v) is 4.44. The van der Waals surface area contributed by atoms with Crippen LogP contribution in [-0.4, -0.2) is 27.3 Å². The van der Waals surface area contributed by atoms with Crippen LogP contribution in [0.15, 0.2) is 47.4 Å². The molecule has 138 valence electrons. The number of sulfonamides is 1. The number of methoxy groups -OCH3 is 1. The van der Waals surface area contributed by atoms with E-state index in [0.717, 1.165) is 5.56 Å². The number of benzene rings is 2. The Hall–Kier alpha value is -2.91. The van der Waals surface area contributed by atoms with Crippen LogP contribution in [0, 0.1) is 6.92 Å². The zero-order valence-electron chi connectivity index (χ0n) is 14.3. The van der Waals surface area contributed by atoms with Crippen LogP contribution < -0.4 is 20.5 Å². The molecule has 0 fully saturated rings. The molecule has 8 nitrogen and oxygen atoms in total. The van der Waals surface area contributed by atoms with Crippen molar-refractivity contribution in [1.82, 2.24) is 5.32 Å². The number of hydrogen-bond donors (Lipinski definition) is 3. The minimum atomic E-state index is -3.77. The van der Waals surface area contributed by atoms with E-state index in [1.807, 2.05) is 13.0 Å². The van der Waals surface area contributed by atoms with Crippen LogP contribution in [0.1, 0.15) is 11.1 Å². The Bertz CT molecular complexity index is 924. The topological polar surface area (TPSA) is 128 Å². The highest BCUT2D eigenvalue weighted by atomic mass is 32.2. The summed E-state index contributed by atoms with van der Waals surface area (Å²) in [4.78, 5) is 23.9. The van der Waals surface area contributed by atoms with Gasteiger partial charge >= 0.3 is 11.8 Å². The van der Waals surface area contributed by atoms with Crippen molar-refractivity contribution < 1.29 is 22.7 Å². The van der Waals surface area contributed by atoms with Gasteiger partial charge in [0.15, 0.2) is 0 Å². The highest BCUT2D eigenvalue weighted by molar-refractivity contribution is 7.89. The number of primary sulfonamides is 1. The second-order valence-electron chi connectivity index (χ2n) is 5.53. The van der Waals surface area contributed by atoms with Gasteiger partial charge in [-0.15, -0.1) is 0 Å². The Morgan fingerprint density at radius 3 is 2.31 bits per heavy atom. The molecule has 0 saturated heterocycles. The zero-order valence-corrected chi connectivity index (χ0v) is 15.1. The maximum Gasteiger partial charge on any atom is 0.313 e. The van der Waals surface area contributed by atoms with Gasteiger partial charge in [-0.25, -0.2) is 13.6 Å². The number of nitrogens with two attached hydrogens (primary N) is 1. The first-order chi connectivity index (χ1) is 12.2. The normalized spacial score (nSPS) is 10.9. The number of ether oxygens (including phenoxy) is 1.